The van der Waals surface area contributed by atoms with Crippen LogP contribution in [0, 0.1) is 12.8 Å². The Morgan fingerprint density at radius 3 is 2.39 bits per heavy atom. The fourth-order valence-electron chi connectivity index (χ4n) is 2.16. The van der Waals surface area contributed by atoms with Crippen molar-refractivity contribution in [2.45, 2.75) is 66.2 Å². The number of nitrogens with zero attached hydrogens (tertiary/aromatic N) is 2. The van der Waals surface area contributed by atoms with Crippen LogP contribution >= 0.6 is 0 Å². The first-order chi connectivity index (χ1) is 10.4. The molecule has 0 saturated carbocycles. The highest BCUT2D eigenvalue weighted by Crippen LogP contribution is 2.17. The fourth-order valence-corrected chi connectivity index (χ4v) is 2.16. The second-order valence-electron chi connectivity index (χ2n) is 7.68. The SMILES string of the molecule is Cc1cc(CNC(C)(CNC(=O)OC(C)(C)C)C(C)C)n(C)n1. The van der Waals surface area contributed by atoms with Crippen LogP contribution < -0.4 is 10.6 Å². The average Bonchev–Trinajstić information content (AvgIpc) is 2.70. The largest absolute Gasteiger partial charge is 0.444 e. The zero-order chi connectivity index (χ0) is 17.8. The minimum absolute atomic E-state index is 0.241. The molecule has 1 aromatic rings. The van der Waals surface area contributed by atoms with Crippen molar-refractivity contribution in [2.75, 3.05) is 6.54 Å². The van der Waals surface area contributed by atoms with Gasteiger partial charge in [0.25, 0.3) is 0 Å². The maximum absolute atomic E-state index is 11.9. The van der Waals surface area contributed by atoms with E-state index in [1.165, 1.54) is 0 Å². The number of hydrogen-bond acceptors (Lipinski definition) is 4. The van der Waals surface area contributed by atoms with Crippen LogP contribution in [0.3, 0.4) is 0 Å². The second-order valence-corrected chi connectivity index (χ2v) is 7.68. The third-order valence-electron chi connectivity index (χ3n) is 4.05. The molecule has 1 atom stereocenters. The van der Waals surface area contributed by atoms with Crippen molar-refractivity contribution >= 4 is 6.09 Å². The molecule has 1 rings (SSSR count). The van der Waals surface area contributed by atoms with Crippen molar-refractivity contribution in [3.05, 3.63) is 17.5 Å². The Morgan fingerprint density at radius 2 is 1.96 bits per heavy atom. The first-order valence-corrected chi connectivity index (χ1v) is 8.14. The molecule has 0 bridgehead atoms. The van der Waals surface area contributed by atoms with Crippen LogP contribution in [0.1, 0.15) is 52.9 Å². The van der Waals surface area contributed by atoms with E-state index in [4.69, 9.17) is 4.74 Å². The Hall–Kier alpha value is -1.56. The number of amides is 1. The molecule has 0 saturated heterocycles. The van der Waals surface area contributed by atoms with E-state index in [0.29, 0.717) is 19.0 Å². The molecular formula is C17H32N4O2. The van der Waals surface area contributed by atoms with E-state index in [1.807, 2.05) is 39.4 Å². The molecule has 1 unspecified atom stereocenters. The molecule has 2 N–H and O–H groups in total. The maximum atomic E-state index is 11.9. The van der Waals surface area contributed by atoms with Gasteiger partial charge in [0.15, 0.2) is 0 Å². The summed E-state index contributed by atoms with van der Waals surface area (Å²) in [5.41, 5.74) is 1.39. The summed E-state index contributed by atoms with van der Waals surface area (Å²) < 4.78 is 7.19. The van der Waals surface area contributed by atoms with E-state index in [9.17, 15) is 4.79 Å². The summed E-state index contributed by atoms with van der Waals surface area (Å²) in [5, 5.41) is 10.8. The van der Waals surface area contributed by atoms with Crippen LogP contribution in [0.15, 0.2) is 6.07 Å². The molecule has 0 aromatic carbocycles. The van der Waals surface area contributed by atoms with Gasteiger partial charge in [0.1, 0.15) is 5.60 Å². The van der Waals surface area contributed by atoms with Crippen molar-refractivity contribution in [1.29, 1.82) is 0 Å². The molecule has 1 heterocycles. The quantitative estimate of drug-likeness (QED) is 0.844. The van der Waals surface area contributed by atoms with Crippen LogP contribution in [-0.2, 0) is 18.3 Å². The number of carbonyl (C=O) groups is 1. The zero-order valence-electron chi connectivity index (χ0n) is 15.8. The lowest BCUT2D eigenvalue weighted by atomic mass is 9.88. The van der Waals surface area contributed by atoms with E-state index in [-0.39, 0.29) is 11.6 Å². The van der Waals surface area contributed by atoms with Crippen LogP contribution in [0.4, 0.5) is 4.79 Å². The smallest absolute Gasteiger partial charge is 0.407 e. The third-order valence-corrected chi connectivity index (χ3v) is 4.05. The minimum Gasteiger partial charge on any atom is -0.444 e. The van der Waals surface area contributed by atoms with Crippen molar-refractivity contribution in [3.63, 3.8) is 0 Å². The molecule has 6 nitrogen and oxygen atoms in total. The average molecular weight is 324 g/mol. The van der Waals surface area contributed by atoms with Gasteiger partial charge >= 0.3 is 6.09 Å². The molecular weight excluding hydrogens is 292 g/mol. The summed E-state index contributed by atoms with van der Waals surface area (Å²) in [7, 11) is 1.94. The van der Waals surface area contributed by atoms with E-state index in [1.54, 1.807) is 0 Å². The summed E-state index contributed by atoms with van der Waals surface area (Å²) in [6.45, 7) is 15.1. The number of rotatable bonds is 6. The third kappa shape index (κ3) is 6.22. The molecule has 0 aliphatic rings. The van der Waals surface area contributed by atoms with Crippen molar-refractivity contribution in [2.24, 2.45) is 13.0 Å². The highest BCUT2D eigenvalue weighted by atomic mass is 16.6. The van der Waals surface area contributed by atoms with Crippen LogP contribution in [0.5, 0.6) is 0 Å². The molecule has 0 aliphatic carbocycles. The summed E-state index contributed by atoms with van der Waals surface area (Å²) in [6.07, 6.45) is -0.387. The normalized spacial score (nSPS) is 14.7. The van der Waals surface area contributed by atoms with Gasteiger partial charge in [0.2, 0.25) is 0 Å². The molecule has 0 aliphatic heterocycles. The van der Waals surface area contributed by atoms with Crippen molar-refractivity contribution in [3.8, 4) is 0 Å². The van der Waals surface area contributed by atoms with E-state index in [0.717, 1.165) is 11.4 Å². The summed E-state index contributed by atoms with van der Waals surface area (Å²) >= 11 is 0. The zero-order valence-corrected chi connectivity index (χ0v) is 15.8. The van der Waals surface area contributed by atoms with Gasteiger partial charge in [0.05, 0.1) is 11.4 Å². The molecule has 132 valence electrons. The lowest BCUT2D eigenvalue weighted by Gasteiger charge is -2.35. The molecule has 0 fully saturated rings. The van der Waals surface area contributed by atoms with Gasteiger partial charge in [-0.15, -0.1) is 0 Å². The number of aryl methyl sites for hydroxylation is 2. The van der Waals surface area contributed by atoms with Gasteiger partial charge in [-0.25, -0.2) is 4.79 Å². The van der Waals surface area contributed by atoms with Gasteiger partial charge in [-0.2, -0.15) is 5.10 Å². The Morgan fingerprint density at radius 1 is 1.35 bits per heavy atom. The molecule has 1 aromatic heterocycles. The van der Waals surface area contributed by atoms with Crippen LogP contribution in [0.25, 0.3) is 0 Å². The van der Waals surface area contributed by atoms with Crippen molar-refractivity contribution < 1.29 is 9.53 Å². The summed E-state index contributed by atoms with van der Waals surface area (Å²) in [4.78, 5) is 11.9. The number of hydrogen-bond donors (Lipinski definition) is 2. The highest BCUT2D eigenvalue weighted by Gasteiger charge is 2.29. The van der Waals surface area contributed by atoms with E-state index in [2.05, 4.69) is 42.6 Å². The number of ether oxygens (including phenoxy) is 1. The Labute approximate surface area is 140 Å². The van der Waals surface area contributed by atoms with Crippen LogP contribution in [-0.4, -0.2) is 33.6 Å². The Bertz CT molecular complexity index is 531. The Kier molecular flexibility index (Phi) is 6.22. The molecule has 1 amide bonds. The van der Waals surface area contributed by atoms with Gasteiger partial charge in [-0.05, 0) is 46.6 Å². The van der Waals surface area contributed by atoms with Crippen molar-refractivity contribution in [1.82, 2.24) is 20.4 Å². The minimum atomic E-state index is -0.488. The number of aromatic nitrogens is 2. The fraction of sp³-hybridized carbons (Fsp3) is 0.765. The maximum Gasteiger partial charge on any atom is 0.407 e. The first-order valence-electron chi connectivity index (χ1n) is 8.14. The van der Waals surface area contributed by atoms with Gasteiger partial charge in [0, 0.05) is 25.7 Å². The van der Waals surface area contributed by atoms with Gasteiger partial charge in [-0.1, -0.05) is 13.8 Å². The van der Waals surface area contributed by atoms with Gasteiger partial charge in [-0.3, -0.25) is 4.68 Å². The van der Waals surface area contributed by atoms with E-state index < -0.39 is 5.60 Å². The monoisotopic (exact) mass is 324 g/mol. The highest BCUT2D eigenvalue weighted by molar-refractivity contribution is 5.67. The lowest BCUT2D eigenvalue weighted by Crippen LogP contribution is -2.55. The predicted molar refractivity (Wildman–Crippen MR) is 92.3 cm³/mol. The molecule has 0 radical (unpaired) electrons. The summed E-state index contributed by atoms with van der Waals surface area (Å²) in [5.74, 6) is 0.340. The Balaban J connectivity index is 2.64. The predicted octanol–water partition coefficient (Wildman–Crippen LogP) is 2.76. The van der Waals surface area contributed by atoms with E-state index >= 15 is 0 Å². The lowest BCUT2D eigenvalue weighted by molar-refractivity contribution is 0.0503. The summed E-state index contributed by atoms with van der Waals surface area (Å²) in [6, 6.07) is 2.06. The molecule has 0 spiro atoms. The molecule has 23 heavy (non-hydrogen) atoms. The second kappa shape index (κ2) is 7.34. The number of alkyl carbamates (subject to hydrolysis) is 1. The number of nitrogens with one attached hydrogen (secondary N) is 2. The molecule has 6 heteroatoms. The van der Waals surface area contributed by atoms with Crippen LogP contribution in [0.2, 0.25) is 0 Å². The topological polar surface area (TPSA) is 68.2 Å². The van der Waals surface area contributed by atoms with Gasteiger partial charge < -0.3 is 15.4 Å². The first kappa shape index (κ1) is 19.5. The number of carbonyl (C=O) groups excluding carboxylic acids is 1. The standard InChI is InChI=1S/C17H32N4O2/c1-12(2)17(7,11-18-15(22)23-16(4,5)6)19-10-14-9-13(3)20-21(14)8/h9,12,19H,10-11H2,1-8H3,(H,18,22).